The fraction of sp³-hybridized carbons (Fsp3) is 0.414. The second-order valence-electron chi connectivity index (χ2n) is 9.98. The van der Waals surface area contributed by atoms with Crippen molar-refractivity contribution in [3.63, 3.8) is 0 Å². The highest BCUT2D eigenvalue weighted by molar-refractivity contribution is 5.84. The van der Waals surface area contributed by atoms with Crippen molar-refractivity contribution in [2.24, 2.45) is 5.92 Å². The Hall–Kier alpha value is -3.55. The van der Waals surface area contributed by atoms with Gasteiger partial charge in [0.2, 0.25) is 17.7 Å². The van der Waals surface area contributed by atoms with Crippen LogP contribution in [0.1, 0.15) is 55.8 Å². The summed E-state index contributed by atoms with van der Waals surface area (Å²) in [6, 6.07) is 13.2. The number of hydrogen-bond donors (Lipinski definition) is 0. The second-order valence-corrected chi connectivity index (χ2v) is 9.98. The number of hydrogen-bond acceptors (Lipinski definition) is 5. The van der Waals surface area contributed by atoms with Gasteiger partial charge in [0, 0.05) is 32.1 Å². The van der Waals surface area contributed by atoms with Crippen LogP contribution in [0, 0.1) is 17.6 Å². The predicted octanol–water partition coefficient (Wildman–Crippen LogP) is 5.86. The molecule has 5 rings (SSSR count). The first-order valence-corrected chi connectivity index (χ1v) is 13.0. The lowest BCUT2D eigenvalue weighted by atomic mass is 9.94. The molecule has 1 saturated heterocycles. The minimum atomic E-state index is -0.990. The Morgan fingerprint density at radius 3 is 2.51 bits per heavy atom. The number of aromatic nitrogens is 2. The number of carbonyl (C=O) groups excluding carboxylic acids is 1. The van der Waals surface area contributed by atoms with Gasteiger partial charge in [-0.05, 0) is 42.9 Å². The summed E-state index contributed by atoms with van der Waals surface area (Å²) in [5, 5.41) is 0. The summed E-state index contributed by atoms with van der Waals surface area (Å²) in [6.07, 6.45) is 3.37. The molecule has 2 aliphatic rings. The van der Waals surface area contributed by atoms with Crippen molar-refractivity contribution in [2.75, 3.05) is 24.5 Å². The Labute approximate surface area is 216 Å². The molecule has 1 atom stereocenters. The molecule has 0 bridgehead atoms. The van der Waals surface area contributed by atoms with Gasteiger partial charge in [0.05, 0.1) is 23.7 Å². The molecule has 1 amide bonds. The monoisotopic (exact) mass is 506 g/mol. The van der Waals surface area contributed by atoms with E-state index >= 15 is 0 Å². The summed E-state index contributed by atoms with van der Waals surface area (Å²) in [5.41, 5.74) is 2.53. The number of halogens is 2. The van der Waals surface area contributed by atoms with Gasteiger partial charge < -0.3 is 14.5 Å². The highest BCUT2D eigenvalue weighted by atomic mass is 19.2. The third kappa shape index (κ3) is 5.43. The summed E-state index contributed by atoms with van der Waals surface area (Å²) < 4.78 is 33.5. The minimum absolute atomic E-state index is 0.0484. The molecule has 37 heavy (non-hydrogen) atoms. The first-order valence-electron chi connectivity index (χ1n) is 13.0. The van der Waals surface area contributed by atoms with E-state index in [4.69, 9.17) is 14.7 Å². The molecule has 0 N–H and O–H groups in total. The number of piperidine rings is 1. The van der Waals surface area contributed by atoms with E-state index in [-0.39, 0.29) is 23.5 Å². The smallest absolute Gasteiger partial charge is 0.230 e. The third-order valence-electron chi connectivity index (χ3n) is 7.40. The highest BCUT2D eigenvalue weighted by Gasteiger charge is 2.31. The highest BCUT2D eigenvalue weighted by Crippen LogP contribution is 2.34. The van der Waals surface area contributed by atoms with Crippen LogP contribution in [0.4, 0.5) is 14.7 Å². The number of carbonyl (C=O) groups is 1. The molecule has 0 aliphatic carbocycles. The normalized spacial score (nSPS) is 16.9. The van der Waals surface area contributed by atoms with E-state index in [1.165, 1.54) is 6.07 Å². The van der Waals surface area contributed by atoms with Crippen LogP contribution in [-0.2, 0) is 17.8 Å². The zero-order valence-corrected chi connectivity index (χ0v) is 21.3. The van der Waals surface area contributed by atoms with Crippen molar-refractivity contribution < 1.29 is 18.3 Å². The predicted molar refractivity (Wildman–Crippen MR) is 138 cm³/mol. The Morgan fingerprint density at radius 1 is 1.05 bits per heavy atom. The lowest BCUT2D eigenvalue weighted by molar-refractivity contribution is -0.133. The van der Waals surface area contributed by atoms with Crippen LogP contribution in [0.15, 0.2) is 48.5 Å². The molecule has 0 saturated carbocycles. The number of nitrogens with zero attached hydrogens (tertiary/aromatic N) is 4. The Bertz CT molecular complexity index is 1260. The maximum atomic E-state index is 13.9. The molecule has 6 nitrogen and oxygen atoms in total. The molecule has 2 aliphatic heterocycles. The number of benzene rings is 2. The van der Waals surface area contributed by atoms with E-state index < -0.39 is 11.6 Å². The van der Waals surface area contributed by atoms with Crippen molar-refractivity contribution in [1.82, 2.24) is 14.9 Å². The van der Waals surface area contributed by atoms with E-state index in [0.29, 0.717) is 43.4 Å². The van der Waals surface area contributed by atoms with Gasteiger partial charge in [0.15, 0.2) is 11.6 Å². The fourth-order valence-electron chi connectivity index (χ4n) is 5.10. The van der Waals surface area contributed by atoms with Crippen LogP contribution in [0.25, 0.3) is 0 Å². The van der Waals surface area contributed by atoms with E-state index in [2.05, 4.69) is 11.8 Å². The lowest BCUT2D eigenvalue weighted by Gasteiger charge is -2.34. The first kappa shape index (κ1) is 25.1. The fourth-order valence-corrected chi connectivity index (χ4v) is 5.10. The van der Waals surface area contributed by atoms with Crippen molar-refractivity contribution in [2.45, 2.75) is 52.0 Å². The van der Waals surface area contributed by atoms with Crippen LogP contribution in [-0.4, -0.2) is 40.4 Å². The Kier molecular flexibility index (Phi) is 7.35. The van der Waals surface area contributed by atoms with Crippen LogP contribution in [0.3, 0.4) is 0 Å². The molecule has 1 aromatic heterocycles. The summed E-state index contributed by atoms with van der Waals surface area (Å²) in [7, 11) is 0. The first-order chi connectivity index (χ1) is 17.9. The lowest BCUT2D eigenvalue weighted by Crippen LogP contribution is -2.40. The quantitative estimate of drug-likeness (QED) is 0.419. The average Bonchev–Trinajstić information content (AvgIpc) is 2.92. The Morgan fingerprint density at radius 2 is 1.81 bits per heavy atom. The van der Waals surface area contributed by atoms with Crippen LogP contribution < -0.4 is 9.64 Å². The van der Waals surface area contributed by atoms with Crippen molar-refractivity contribution in [1.29, 1.82) is 0 Å². The van der Waals surface area contributed by atoms with E-state index in [0.717, 1.165) is 49.3 Å². The van der Waals surface area contributed by atoms with Crippen molar-refractivity contribution >= 4 is 11.9 Å². The topological polar surface area (TPSA) is 58.6 Å². The number of ether oxygens (including phenoxy) is 1. The molecular weight excluding hydrogens is 474 g/mol. The van der Waals surface area contributed by atoms with Gasteiger partial charge in [-0.15, -0.1) is 0 Å². The number of fused-ring (bicyclic) bond motifs is 1. The molecule has 194 valence electrons. The molecular formula is C29H32F2N4O2. The van der Waals surface area contributed by atoms with E-state index in [1.807, 2.05) is 42.2 Å². The number of amides is 1. The summed E-state index contributed by atoms with van der Waals surface area (Å²) in [6.45, 7) is 6.81. The van der Waals surface area contributed by atoms with Gasteiger partial charge >= 0.3 is 0 Å². The molecule has 0 unspecified atom stereocenters. The van der Waals surface area contributed by atoms with Crippen LogP contribution >= 0.6 is 0 Å². The molecule has 8 heteroatoms. The van der Waals surface area contributed by atoms with Crippen molar-refractivity contribution in [3.05, 3.63) is 77.0 Å². The summed E-state index contributed by atoms with van der Waals surface area (Å²) in [5.74, 6) is -0.450. The zero-order valence-electron chi connectivity index (χ0n) is 21.3. The van der Waals surface area contributed by atoms with Gasteiger partial charge in [0.25, 0.3) is 0 Å². The average molecular weight is 507 g/mol. The SMILES string of the molecule is CC[C@H](C(=O)N1CCc2nc(N3CCC(C)CC3)nc(Oc3ccc(F)c(F)c3)c2C1)c1ccccc1. The number of rotatable bonds is 6. The van der Waals surface area contributed by atoms with Gasteiger partial charge in [-0.2, -0.15) is 4.98 Å². The maximum absolute atomic E-state index is 13.9. The molecule has 3 aromatic rings. The van der Waals surface area contributed by atoms with E-state index in [9.17, 15) is 13.6 Å². The number of anilines is 1. The maximum Gasteiger partial charge on any atom is 0.230 e. The largest absolute Gasteiger partial charge is 0.438 e. The standard InChI is InChI=1S/C29H32F2N4O2/c1-3-22(20-7-5-4-6-8-20)28(36)35-16-13-26-23(18-35)27(37-21-9-10-24(30)25(31)17-21)33-29(32-26)34-14-11-19(2)12-15-34/h4-10,17,19,22H,3,11-16,18H2,1-2H3/t22-/m0/s1. The third-order valence-corrected chi connectivity index (χ3v) is 7.40. The minimum Gasteiger partial charge on any atom is -0.438 e. The molecule has 3 heterocycles. The van der Waals surface area contributed by atoms with Crippen LogP contribution in [0.2, 0.25) is 0 Å². The molecule has 2 aromatic carbocycles. The van der Waals surface area contributed by atoms with Gasteiger partial charge in [0.1, 0.15) is 5.75 Å². The van der Waals surface area contributed by atoms with E-state index in [1.54, 1.807) is 0 Å². The molecule has 0 radical (unpaired) electrons. The summed E-state index contributed by atoms with van der Waals surface area (Å²) in [4.78, 5) is 27.2. The van der Waals surface area contributed by atoms with Gasteiger partial charge in [-0.1, -0.05) is 44.2 Å². The molecule has 0 spiro atoms. The van der Waals surface area contributed by atoms with Gasteiger partial charge in [-0.25, -0.2) is 13.8 Å². The van der Waals surface area contributed by atoms with Crippen LogP contribution in [0.5, 0.6) is 11.6 Å². The zero-order chi connectivity index (χ0) is 25.9. The Balaban J connectivity index is 1.47. The second kappa shape index (κ2) is 10.8. The van der Waals surface area contributed by atoms with Crippen molar-refractivity contribution in [3.8, 4) is 11.6 Å². The molecule has 1 fully saturated rings. The summed E-state index contributed by atoms with van der Waals surface area (Å²) >= 11 is 0. The van der Waals surface area contributed by atoms with Gasteiger partial charge in [-0.3, -0.25) is 4.79 Å².